The number of carbonyl (C=O) groups excluding carboxylic acids is 2. The summed E-state index contributed by atoms with van der Waals surface area (Å²) in [6.07, 6.45) is 1.62. The third-order valence-corrected chi connectivity index (χ3v) is 5.42. The third kappa shape index (κ3) is 4.87. The van der Waals surface area contributed by atoms with E-state index >= 15 is 0 Å². The summed E-state index contributed by atoms with van der Waals surface area (Å²) in [6.45, 7) is 8.57. The summed E-state index contributed by atoms with van der Waals surface area (Å²) >= 11 is 0. The predicted molar refractivity (Wildman–Crippen MR) is 102 cm³/mol. The Hall–Kier alpha value is -1.92. The minimum absolute atomic E-state index is 0.00262. The van der Waals surface area contributed by atoms with Crippen LogP contribution in [0.25, 0.3) is 0 Å². The largest absolute Gasteiger partial charge is 0.350 e. The Morgan fingerprint density at radius 3 is 2.22 bits per heavy atom. The Labute approximate surface area is 161 Å². The van der Waals surface area contributed by atoms with Crippen molar-refractivity contribution in [3.63, 3.8) is 0 Å². The van der Waals surface area contributed by atoms with E-state index in [0.29, 0.717) is 37.8 Å². The van der Waals surface area contributed by atoms with Gasteiger partial charge in [-0.3, -0.25) is 9.59 Å². The van der Waals surface area contributed by atoms with Crippen molar-refractivity contribution in [1.29, 1.82) is 0 Å². The number of likely N-dealkylation sites (tertiary alicyclic amines) is 1. The van der Waals surface area contributed by atoms with Crippen LogP contribution in [-0.4, -0.2) is 55.3 Å². The van der Waals surface area contributed by atoms with Crippen LogP contribution in [-0.2, 0) is 14.3 Å². The number of piperidine rings is 1. The molecule has 1 N–H and O–H groups in total. The van der Waals surface area contributed by atoms with Crippen LogP contribution in [0.1, 0.15) is 42.6 Å². The number of aryl methyl sites for hydroxylation is 1. The molecular formula is C21H30N2O4. The molecule has 2 heterocycles. The monoisotopic (exact) mass is 374 g/mol. The number of hydrogen-bond acceptors (Lipinski definition) is 4. The number of hydrogen-bond donors (Lipinski definition) is 1. The van der Waals surface area contributed by atoms with E-state index in [1.165, 1.54) is 0 Å². The molecular weight excluding hydrogens is 344 g/mol. The first-order chi connectivity index (χ1) is 13.0. The quantitative estimate of drug-likeness (QED) is 0.859. The van der Waals surface area contributed by atoms with Gasteiger partial charge in [0.2, 0.25) is 5.91 Å². The Morgan fingerprint density at radius 2 is 1.67 bits per heavy atom. The van der Waals surface area contributed by atoms with Crippen LogP contribution in [0.15, 0.2) is 24.3 Å². The van der Waals surface area contributed by atoms with E-state index in [1.54, 1.807) is 12.1 Å². The second-order valence-corrected chi connectivity index (χ2v) is 7.83. The first-order valence-corrected chi connectivity index (χ1v) is 9.85. The SMILES string of the molecule is Cc1ccc(C(=O)NC(C(=O)N2CCC(C3OCCO3)CC2)C(C)C)cc1. The van der Waals surface area contributed by atoms with Crippen LogP contribution < -0.4 is 5.32 Å². The van der Waals surface area contributed by atoms with Crippen LogP contribution >= 0.6 is 0 Å². The first kappa shape index (κ1) is 19.8. The minimum Gasteiger partial charge on any atom is -0.350 e. The van der Waals surface area contributed by atoms with Gasteiger partial charge in [-0.1, -0.05) is 31.5 Å². The van der Waals surface area contributed by atoms with Gasteiger partial charge in [-0.15, -0.1) is 0 Å². The molecule has 0 bridgehead atoms. The highest BCUT2D eigenvalue weighted by atomic mass is 16.7. The van der Waals surface area contributed by atoms with Gasteiger partial charge >= 0.3 is 0 Å². The fourth-order valence-corrected chi connectivity index (χ4v) is 3.68. The number of rotatable bonds is 5. The first-order valence-electron chi connectivity index (χ1n) is 9.85. The van der Waals surface area contributed by atoms with E-state index < -0.39 is 6.04 Å². The van der Waals surface area contributed by atoms with Crippen molar-refractivity contribution in [2.24, 2.45) is 11.8 Å². The summed E-state index contributed by atoms with van der Waals surface area (Å²) < 4.78 is 11.2. The average Bonchev–Trinajstić information content (AvgIpc) is 3.20. The fraction of sp³-hybridized carbons (Fsp3) is 0.619. The maximum atomic E-state index is 13.0. The molecule has 148 valence electrons. The lowest BCUT2D eigenvalue weighted by molar-refractivity contribution is -0.139. The number of nitrogens with one attached hydrogen (secondary N) is 1. The normalized spacial score (nSPS) is 20.1. The Bertz CT molecular complexity index is 645. The molecule has 0 aromatic heterocycles. The lowest BCUT2D eigenvalue weighted by Gasteiger charge is -2.36. The van der Waals surface area contributed by atoms with Gasteiger partial charge in [0.15, 0.2) is 6.29 Å². The predicted octanol–water partition coefficient (Wildman–Crippen LogP) is 2.36. The molecule has 1 aromatic carbocycles. The van der Waals surface area contributed by atoms with Crippen LogP contribution in [0.2, 0.25) is 0 Å². The van der Waals surface area contributed by atoms with Crippen LogP contribution in [0.4, 0.5) is 0 Å². The molecule has 0 radical (unpaired) electrons. The number of nitrogens with zero attached hydrogens (tertiary/aromatic N) is 1. The molecule has 6 nitrogen and oxygen atoms in total. The highest BCUT2D eigenvalue weighted by molar-refractivity contribution is 5.97. The smallest absolute Gasteiger partial charge is 0.251 e. The van der Waals surface area contributed by atoms with Gasteiger partial charge in [0.05, 0.1) is 13.2 Å². The Balaban J connectivity index is 1.58. The molecule has 2 fully saturated rings. The molecule has 2 aliphatic heterocycles. The van der Waals surface area contributed by atoms with Gasteiger partial charge in [-0.05, 0) is 37.8 Å². The van der Waals surface area contributed by atoms with Gasteiger partial charge in [0, 0.05) is 24.6 Å². The molecule has 2 saturated heterocycles. The van der Waals surface area contributed by atoms with Crippen LogP contribution in [0, 0.1) is 18.8 Å². The summed E-state index contributed by atoms with van der Waals surface area (Å²) in [4.78, 5) is 27.5. The lowest BCUT2D eigenvalue weighted by atomic mass is 9.94. The average molecular weight is 374 g/mol. The summed E-state index contributed by atoms with van der Waals surface area (Å²) in [7, 11) is 0. The lowest BCUT2D eigenvalue weighted by Crippen LogP contribution is -2.53. The van der Waals surface area contributed by atoms with Crippen molar-refractivity contribution in [2.75, 3.05) is 26.3 Å². The van der Waals surface area contributed by atoms with Crippen molar-refractivity contribution < 1.29 is 19.1 Å². The van der Waals surface area contributed by atoms with Gasteiger partial charge in [0.25, 0.3) is 5.91 Å². The van der Waals surface area contributed by atoms with Crippen molar-refractivity contribution in [1.82, 2.24) is 10.2 Å². The van der Waals surface area contributed by atoms with Gasteiger partial charge in [0.1, 0.15) is 6.04 Å². The fourth-order valence-electron chi connectivity index (χ4n) is 3.68. The Kier molecular flexibility index (Phi) is 6.50. The molecule has 1 unspecified atom stereocenters. The molecule has 2 amide bonds. The number of amides is 2. The van der Waals surface area contributed by atoms with Crippen molar-refractivity contribution in [3.05, 3.63) is 35.4 Å². The highest BCUT2D eigenvalue weighted by Gasteiger charge is 2.35. The van der Waals surface area contributed by atoms with E-state index in [0.717, 1.165) is 18.4 Å². The molecule has 0 spiro atoms. The molecule has 3 rings (SSSR count). The minimum atomic E-state index is -0.519. The van der Waals surface area contributed by atoms with E-state index in [1.807, 2.05) is 37.8 Å². The standard InChI is InChI=1S/C21H30N2O4/c1-14(2)18(22-19(24)16-6-4-15(3)5-7-16)20(25)23-10-8-17(9-11-23)21-26-12-13-27-21/h4-7,14,17-18,21H,8-13H2,1-3H3,(H,22,24). The number of benzene rings is 1. The molecule has 27 heavy (non-hydrogen) atoms. The van der Waals surface area contributed by atoms with E-state index in [4.69, 9.17) is 9.47 Å². The molecule has 1 aromatic rings. The topological polar surface area (TPSA) is 67.9 Å². The van der Waals surface area contributed by atoms with Crippen molar-refractivity contribution in [3.8, 4) is 0 Å². The third-order valence-electron chi connectivity index (χ3n) is 5.42. The maximum Gasteiger partial charge on any atom is 0.251 e. The highest BCUT2D eigenvalue weighted by Crippen LogP contribution is 2.26. The summed E-state index contributed by atoms with van der Waals surface area (Å²) in [6, 6.07) is 6.87. The summed E-state index contributed by atoms with van der Waals surface area (Å²) in [5.74, 6) is 0.157. The molecule has 2 aliphatic rings. The maximum absolute atomic E-state index is 13.0. The van der Waals surface area contributed by atoms with Gasteiger partial charge in [-0.2, -0.15) is 0 Å². The van der Waals surface area contributed by atoms with Crippen molar-refractivity contribution >= 4 is 11.8 Å². The zero-order valence-corrected chi connectivity index (χ0v) is 16.4. The Morgan fingerprint density at radius 1 is 1.07 bits per heavy atom. The number of ether oxygens (including phenoxy) is 2. The molecule has 6 heteroatoms. The van der Waals surface area contributed by atoms with E-state index in [2.05, 4.69) is 5.32 Å². The number of carbonyl (C=O) groups is 2. The zero-order valence-electron chi connectivity index (χ0n) is 16.4. The van der Waals surface area contributed by atoms with Crippen LogP contribution in [0.5, 0.6) is 0 Å². The van der Waals surface area contributed by atoms with E-state index in [-0.39, 0.29) is 24.0 Å². The zero-order chi connectivity index (χ0) is 19.4. The summed E-state index contributed by atoms with van der Waals surface area (Å²) in [5.41, 5.74) is 1.68. The van der Waals surface area contributed by atoms with Crippen molar-refractivity contribution in [2.45, 2.75) is 45.9 Å². The van der Waals surface area contributed by atoms with Gasteiger partial charge in [-0.25, -0.2) is 0 Å². The van der Waals surface area contributed by atoms with E-state index in [9.17, 15) is 9.59 Å². The molecule has 0 aliphatic carbocycles. The molecule has 0 saturated carbocycles. The summed E-state index contributed by atoms with van der Waals surface area (Å²) in [5, 5.41) is 2.94. The second kappa shape index (κ2) is 8.85. The molecule has 1 atom stereocenters. The second-order valence-electron chi connectivity index (χ2n) is 7.83. The van der Waals surface area contributed by atoms with Crippen LogP contribution in [0.3, 0.4) is 0 Å². The van der Waals surface area contributed by atoms with Gasteiger partial charge < -0.3 is 19.7 Å².